The third kappa shape index (κ3) is 3.69. The maximum absolute atomic E-state index is 10.1. The van der Waals surface area contributed by atoms with E-state index in [0.29, 0.717) is 17.9 Å². The summed E-state index contributed by atoms with van der Waals surface area (Å²) in [7, 11) is 0. The van der Waals surface area contributed by atoms with Gasteiger partial charge in [-0.2, -0.15) is 0 Å². The van der Waals surface area contributed by atoms with Crippen molar-refractivity contribution in [2.75, 3.05) is 13.1 Å². The molecule has 3 nitrogen and oxygen atoms in total. The zero-order valence-electron chi connectivity index (χ0n) is 12.0. The lowest BCUT2D eigenvalue weighted by atomic mass is 9.86. The number of hydrogen-bond donors (Lipinski definition) is 2. The minimum Gasteiger partial charge on any atom is -0.393 e. The van der Waals surface area contributed by atoms with Gasteiger partial charge in [0, 0.05) is 25.2 Å². The van der Waals surface area contributed by atoms with Crippen LogP contribution in [0.4, 0.5) is 0 Å². The van der Waals surface area contributed by atoms with Crippen LogP contribution < -0.4 is 5.73 Å². The predicted molar refractivity (Wildman–Crippen MR) is 75.4 cm³/mol. The van der Waals surface area contributed by atoms with Crippen LogP contribution in [0.1, 0.15) is 52.4 Å². The van der Waals surface area contributed by atoms with Crippen LogP contribution in [-0.2, 0) is 0 Å². The van der Waals surface area contributed by atoms with E-state index in [-0.39, 0.29) is 6.10 Å². The Morgan fingerprint density at radius 3 is 2.50 bits per heavy atom. The van der Waals surface area contributed by atoms with Gasteiger partial charge in [0.25, 0.3) is 0 Å². The molecule has 2 rings (SSSR count). The fraction of sp³-hybridized carbons (Fsp3) is 1.00. The molecule has 0 aromatic rings. The molecule has 3 unspecified atom stereocenters. The minimum absolute atomic E-state index is 0.161. The molecular weight excluding hydrogens is 224 g/mol. The molecule has 1 aliphatic carbocycles. The number of rotatable bonds is 4. The molecule has 2 fully saturated rings. The van der Waals surface area contributed by atoms with Gasteiger partial charge in [0.05, 0.1) is 6.10 Å². The van der Waals surface area contributed by atoms with E-state index in [0.717, 1.165) is 32.0 Å². The largest absolute Gasteiger partial charge is 0.393 e. The van der Waals surface area contributed by atoms with E-state index >= 15 is 0 Å². The molecule has 3 heteroatoms. The van der Waals surface area contributed by atoms with Crippen LogP contribution in [0.2, 0.25) is 0 Å². The lowest BCUT2D eigenvalue weighted by Gasteiger charge is -2.40. The summed E-state index contributed by atoms with van der Waals surface area (Å²) in [6, 6.07) is 1.08. The van der Waals surface area contributed by atoms with Crippen molar-refractivity contribution in [3.8, 4) is 0 Å². The first kappa shape index (κ1) is 14.3. The minimum atomic E-state index is -0.161. The Morgan fingerprint density at radius 2 is 1.89 bits per heavy atom. The Labute approximate surface area is 112 Å². The fourth-order valence-electron chi connectivity index (χ4n) is 3.64. The SMILES string of the molecule is CC(C)C(O)CC1CC(N)CN(C2CCCC2)C1. The van der Waals surface area contributed by atoms with Crippen molar-refractivity contribution in [1.82, 2.24) is 4.90 Å². The summed E-state index contributed by atoms with van der Waals surface area (Å²) in [5.74, 6) is 0.954. The summed E-state index contributed by atoms with van der Waals surface area (Å²) < 4.78 is 0. The molecule has 0 amide bonds. The molecule has 0 bridgehead atoms. The number of likely N-dealkylation sites (tertiary alicyclic amines) is 1. The topological polar surface area (TPSA) is 49.5 Å². The van der Waals surface area contributed by atoms with E-state index in [2.05, 4.69) is 18.7 Å². The summed E-state index contributed by atoms with van der Waals surface area (Å²) in [4.78, 5) is 2.61. The second-order valence-corrected chi connectivity index (χ2v) is 6.80. The van der Waals surface area contributed by atoms with Gasteiger partial charge in [-0.1, -0.05) is 26.7 Å². The van der Waals surface area contributed by atoms with Crippen LogP contribution in [-0.4, -0.2) is 41.3 Å². The van der Waals surface area contributed by atoms with E-state index in [1.54, 1.807) is 0 Å². The molecule has 0 radical (unpaired) electrons. The van der Waals surface area contributed by atoms with Crippen molar-refractivity contribution >= 4 is 0 Å². The molecule has 106 valence electrons. The van der Waals surface area contributed by atoms with E-state index in [1.807, 2.05) is 0 Å². The molecule has 1 saturated carbocycles. The Bertz CT molecular complexity index is 251. The van der Waals surface area contributed by atoms with Crippen molar-refractivity contribution in [2.45, 2.75) is 70.6 Å². The van der Waals surface area contributed by atoms with E-state index in [9.17, 15) is 5.11 Å². The van der Waals surface area contributed by atoms with E-state index in [1.165, 1.54) is 25.7 Å². The maximum atomic E-state index is 10.1. The summed E-state index contributed by atoms with van der Waals surface area (Å²) in [6.07, 6.45) is 7.33. The van der Waals surface area contributed by atoms with Gasteiger partial charge in [-0.3, -0.25) is 4.90 Å². The Morgan fingerprint density at radius 1 is 1.22 bits per heavy atom. The third-order valence-corrected chi connectivity index (χ3v) is 4.78. The summed E-state index contributed by atoms with van der Waals surface area (Å²) >= 11 is 0. The average molecular weight is 254 g/mol. The number of aliphatic hydroxyl groups is 1. The lowest BCUT2D eigenvalue weighted by molar-refractivity contribution is 0.0527. The van der Waals surface area contributed by atoms with E-state index < -0.39 is 0 Å². The number of piperidine rings is 1. The molecule has 1 saturated heterocycles. The van der Waals surface area contributed by atoms with Gasteiger partial charge in [0.15, 0.2) is 0 Å². The Kier molecular flexibility index (Phi) is 5.05. The molecule has 3 atom stereocenters. The van der Waals surface area contributed by atoms with Crippen LogP contribution >= 0.6 is 0 Å². The molecule has 3 N–H and O–H groups in total. The summed E-state index contributed by atoms with van der Waals surface area (Å²) in [5.41, 5.74) is 6.21. The number of nitrogens with zero attached hydrogens (tertiary/aromatic N) is 1. The normalized spacial score (nSPS) is 33.2. The summed E-state index contributed by atoms with van der Waals surface area (Å²) in [5, 5.41) is 10.1. The van der Waals surface area contributed by atoms with Gasteiger partial charge in [0.2, 0.25) is 0 Å². The van der Waals surface area contributed by atoms with Crippen LogP contribution in [0.25, 0.3) is 0 Å². The van der Waals surface area contributed by atoms with Crippen molar-refractivity contribution in [3.05, 3.63) is 0 Å². The monoisotopic (exact) mass is 254 g/mol. The van der Waals surface area contributed by atoms with Gasteiger partial charge >= 0.3 is 0 Å². The zero-order chi connectivity index (χ0) is 13.1. The molecule has 2 aliphatic rings. The zero-order valence-corrected chi connectivity index (χ0v) is 12.0. The Balaban J connectivity index is 1.87. The van der Waals surface area contributed by atoms with Gasteiger partial charge in [0.1, 0.15) is 0 Å². The first-order chi connectivity index (χ1) is 8.56. The standard InChI is InChI=1S/C15H30N2O/c1-11(2)15(18)8-12-7-13(16)10-17(9-12)14-5-3-4-6-14/h11-15,18H,3-10,16H2,1-2H3. The van der Waals surface area contributed by atoms with Crippen molar-refractivity contribution in [2.24, 2.45) is 17.6 Å². The predicted octanol–water partition coefficient (Wildman–Crippen LogP) is 1.99. The third-order valence-electron chi connectivity index (χ3n) is 4.78. The van der Waals surface area contributed by atoms with Crippen molar-refractivity contribution in [3.63, 3.8) is 0 Å². The van der Waals surface area contributed by atoms with Crippen LogP contribution in [0.5, 0.6) is 0 Å². The highest BCUT2D eigenvalue weighted by Crippen LogP contribution is 2.29. The second-order valence-electron chi connectivity index (χ2n) is 6.80. The molecule has 0 aromatic heterocycles. The Hall–Kier alpha value is -0.120. The molecule has 1 aliphatic heterocycles. The van der Waals surface area contributed by atoms with Gasteiger partial charge in [-0.05, 0) is 37.5 Å². The number of hydrogen-bond acceptors (Lipinski definition) is 3. The maximum Gasteiger partial charge on any atom is 0.0566 e. The molecule has 0 spiro atoms. The highest BCUT2D eigenvalue weighted by molar-refractivity contribution is 4.88. The molecule has 1 heterocycles. The molecule has 18 heavy (non-hydrogen) atoms. The quantitative estimate of drug-likeness (QED) is 0.806. The fourth-order valence-corrected chi connectivity index (χ4v) is 3.64. The van der Waals surface area contributed by atoms with Crippen molar-refractivity contribution in [1.29, 1.82) is 0 Å². The van der Waals surface area contributed by atoms with Crippen molar-refractivity contribution < 1.29 is 5.11 Å². The van der Waals surface area contributed by atoms with Gasteiger partial charge in [-0.25, -0.2) is 0 Å². The van der Waals surface area contributed by atoms with E-state index in [4.69, 9.17) is 5.73 Å². The highest BCUT2D eigenvalue weighted by atomic mass is 16.3. The highest BCUT2D eigenvalue weighted by Gasteiger charge is 2.32. The van der Waals surface area contributed by atoms with Gasteiger partial charge < -0.3 is 10.8 Å². The first-order valence-corrected chi connectivity index (χ1v) is 7.74. The van der Waals surface area contributed by atoms with Crippen LogP contribution in [0.15, 0.2) is 0 Å². The lowest BCUT2D eigenvalue weighted by Crippen LogP contribution is -2.51. The first-order valence-electron chi connectivity index (χ1n) is 7.74. The average Bonchev–Trinajstić information content (AvgIpc) is 2.81. The van der Waals surface area contributed by atoms with Crippen LogP contribution in [0, 0.1) is 11.8 Å². The number of nitrogens with two attached hydrogens (primary N) is 1. The smallest absolute Gasteiger partial charge is 0.0566 e. The van der Waals surface area contributed by atoms with Gasteiger partial charge in [-0.15, -0.1) is 0 Å². The second kappa shape index (κ2) is 6.36. The molecular formula is C15H30N2O. The molecule has 0 aromatic carbocycles. The number of aliphatic hydroxyl groups excluding tert-OH is 1. The summed E-state index contributed by atoms with van der Waals surface area (Å²) in [6.45, 7) is 6.42. The van der Waals surface area contributed by atoms with Crippen LogP contribution in [0.3, 0.4) is 0 Å².